The number of ether oxygens (including phenoxy) is 2. The van der Waals surface area contributed by atoms with Crippen LogP contribution in [0, 0.1) is 17.8 Å². The molecule has 1 aliphatic carbocycles. The van der Waals surface area contributed by atoms with Gasteiger partial charge in [-0.15, -0.1) is 0 Å². The van der Waals surface area contributed by atoms with Crippen LogP contribution in [-0.4, -0.2) is 12.1 Å². The molecule has 142 valence electrons. The van der Waals surface area contributed by atoms with Gasteiger partial charge >= 0.3 is 5.97 Å². The molecule has 0 radical (unpaired) electrons. The van der Waals surface area contributed by atoms with Crippen molar-refractivity contribution >= 4 is 5.97 Å². The molecule has 3 heteroatoms. The van der Waals surface area contributed by atoms with E-state index in [0.717, 1.165) is 24.0 Å². The van der Waals surface area contributed by atoms with E-state index in [1.807, 2.05) is 54.6 Å². The number of fused-ring (bicyclic) bond motifs is 1. The summed E-state index contributed by atoms with van der Waals surface area (Å²) in [4.78, 5) is 12.7. The van der Waals surface area contributed by atoms with E-state index in [2.05, 4.69) is 20.8 Å². The van der Waals surface area contributed by atoms with Crippen molar-refractivity contribution in [3.63, 3.8) is 0 Å². The fourth-order valence-corrected chi connectivity index (χ4v) is 4.68. The third-order valence-electron chi connectivity index (χ3n) is 6.17. The van der Waals surface area contributed by atoms with Crippen molar-refractivity contribution in [2.24, 2.45) is 17.8 Å². The molecule has 1 heterocycles. The highest BCUT2D eigenvalue weighted by Crippen LogP contribution is 2.47. The van der Waals surface area contributed by atoms with Crippen LogP contribution in [-0.2, 0) is 15.3 Å². The molecule has 0 bridgehead atoms. The molecule has 1 fully saturated rings. The van der Waals surface area contributed by atoms with E-state index in [-0.39, 0.29) is 12.1 Å². The summed E-state index contributed by atoms with van der Waals surface area (Å²) < 4.78 is 12.8. The lowest BCUT2D eigenvalue weighted by molar-refractivity contribution is -0.226. The predicted molar refractivity (Wildman–Crippen MR) is 105 cm³/mol. The zero-order valence-electron chi connectivity index (χ0n) is 16.4. The number of benzene rings is 2. The van der Waals surface area contributed by atoms with Crippen molar-refractivity contribution in [3.8, 4) is 0 Å². The molecular weight excluding hydrogens is 336 g/mol. The lowest BCUT2D eigenvalue weighted by Crippen LogP contribution is -2.42. The lowest BCUT2D eigenvalue weighted by atomic mass is 9.75. The molecule has 2 aliphatic rings. The average molecular weight is 364 g/mol. The first-order valence-corrected chi connectivity index (χ1v) is 10.1. The predicted octanol–water partition coefficient (Wildman–Crippen LogP) is 5.54. The third kappa shape index (κ3) is 3.19. The first kappa shape index (κ1) is 18.2. The second-order valence-corrected chi connectivity index (χ2v) is 8.40. The Kier molecular flexibility index (Phi) is 4.81. The number of esters is 1. The highest BCUT2D eigenvalue weighted by atomic mass is 16.7. The standard InChI is InChI=1S/C24H28O3/c1-16(2)19-14-13-17(3)15-22(19)26-24(18-9-5-4-6-10-18)21-12-8-7-11-20(21)23(25)27-24/h4-12,16-17,19,22H,13-15H2,1-3H3/t17-,19+,22-,24-/m1/s1. The van der Waals surface area contributed by atoms with Gasteiger partial charge in [-0.3, -0.25) is 0 Å². The minimum atomic E-state index is -1.15. The Hall–Kier alpha value is -2.13. The third-order valence-corrected chi connectivity index (χ3v) is 6.17. The molecule has 0 amide bonds. The topological polar surface area (TPSA) is 35.5 Å². The van der Waals surface area contributed by atoms with Gasteiger partial charge in [-0.25, -0.2) is 4.79 Å². The minimum Gasteiger partial charge on any atom is -0.420 e. The van der Waals surface area contributed by atoms with Gasteiger partial charge in [0.05, 0.1) is 11.7 Å². The van der Waals surface area contributed by atoms with Gasteiger partial charge in [0.15, 0.2) is 0 Å². The van der Waals surface area contributed by atoms with E-state index in [1.54, 1.807) is 0 Å². The molecule has 1 saturated carbocycles. The van der Waals surface area contributed by atoms with Gasteiger partial charge in [0, 0.05) is 11.1 Å². The number of carbonyl (C=O) groups is 1. The quantitative estimate of drug-likeness (QED) is 0.669. The fraction of sp³-hybridized carbons (Fsp3) is 0.458. The normalized spacial score (nSPS) is 30.2. The van der Waals surface area contributed by atoms with E-state index >= 15 is 0 Å². The van der Waals surface area contributed by atoms with Crippen molar-refractivity contribution in [1.29, 1.82) is 0 Å². The summed E-state index contributed by atoms with van der Waals surface area (Å²) in [5.41, 5.74) is 2.30. The molecule has 0 N–H and O–H groups in total. The highest BCUT2D eigenvalue weighted by molar-refractivity contribution is 5.95. The van der Waals surface area contributed by atoms with Crippen molar-refractivity contribution in [1.82, 2.24) is 0 Å². The number of hydrogen-bond donors (Lipinski definition) is 0. The Morgan fingerprint density at radius 3 is 2.48 bits per heavy atom. The Balaban J connectivity index is 1.80. The first-order valence-electron chi connectivity index (χ1n) is 10.1. The largest absolute Gasteiger partial charge is 0.420 e. The van der Waals surface area contributed by atoms with E-state index in [1.165, 1.54) is 6.42 Å². The maximum absolute atomic E-state index is 12.7. The second-order valence-electron chi connectivity index (χ2n) is 8.40. The molecule has 1 aliphatic heterocycles. The van der Waals surface area contributed by atoms with Crippen LogP contribution in [0.3, 0.4) is 0 Å². The molecule has 2 aromatic rings. The first-order chi connectivity index (χ1) is 13.0. The molecule has 0 aromatic heterocycles. The Morgan fingerprint density at radius 2 is 1.74 bits per heavy atom. The van der Waals surface area contributed by atoms with E-state index in [0.29, 0.717) is 23.3 Å². The van der Waals surface area contributed by atoms with Crippen LogP contribution in [0.2, 0.25) is 0 Å². The van der Waals surface area contributed by atoms with Crippen molar-refractivity contribution in [3.05, 3.63) is 71.3 Å². The summed E-state index contributed by atoms with van der Waals surface area (Å²) in [6.07, 6.45) is 3.45. The smallest absolute Gasteiger partial charge is 0.341 e. The number of carbonyl (C=O) groups excluding carboxylic acids is 1. The van der Waals surface area contributed by atoms with Crippen LogP contribution in [0.4, 0.5) is 0 Å². The van der Waals surface area contributed by atoms with Crippen molar-refractivity contribution < 1.29 is 14.3 Å². The van der Waals surface area contributed by atoms with Crippen LogP contribution in [0.1, 0.15) is 61.5 Å². The van der Waals surface area contributed by atoms with Crippen LogP contribution >= 0.6 is 0 Å². The van der Waals surface area contributed by atoms with Gasteiger partial charge in [0.25, 0.3) is 5.79 Å². The monoisotopic (exact) mass is 364 g/mol. The van der Waals surface area contributed by atoms with Crippen LogP contribution in [0.15, 0.2) is 54.6 Å². The minimum absolute atomic E-state index is 0.0629. The molecule has 0 unspecified atom stereocenters. The van der Waals surface area contributed by atoms with Crippen molar-refractivity contribution in [2.45, 2.75) is 51.9 Å². The van der Waals surface area contributed by atoms with Crippen LogP contribution in [0.5, 0.6) is 0 Å². The van der Waals surface area contributed by atoms with Gasteiger partial charge in [0.1, 0.15) is 0 Å². The Morgan fingerprint density at radius 1 is 1.04 bits per heavy atom. The van der Waals surface area contributed by atoms with Gasteiger partial charge in [-0.1, -0.05) is 75.7 Å². The Labute approximate surface area is 161 Å². The molecule has 4 atom stereocenters. The molecule has 0 spiro atoms. The van der Waals surface area contributed by atoms with Crippen LogP contribution < -0.4 is 0 Å². The number of rotatable bonds is 4. The van der Waals surface area contributed by atoms with Crippen molar-refractivity contribution in [2.75, 3.05) is 0 Å². The fourth-order valence-electron chi connectivity index (χ4n) is 4.68. The summed E-state index contributed by atoms with van der Waals surface area (Å²) in [6.45, 7) is 6.82. The molecule has 0 saturated heterocycles. The SMILES string of the molecule is CC(C)[C@@H]1CC[C@@H](C)C[C@H]1O[C@]1(c2ccccc2)OC(=O)c2ccccc21. The summed E-state index contributed by atoms with van der Waals surface area (Å²) in [5, 5.41) is 0. The Bertz CT molecular complexity index is 813. The summed E-state index contributed by atoms with van der Waals surface area (Å²) in [6, 6.07) is 17.5. The van der Waals surface area contributed by atoms with Gasteiger partial charge in [-0.05, 0) is 36.7 Å². The second kappa shape index (κ2) is 7.12. The zero-order valence-corrected chi connectivity index (χ0v) is 16.4. The maximum atomic E-state index is 12.7. The van der Waals surface area contributed by atoms with E-state index < -0.39 is 5.79 Å². The molecule has 4 rings (SSSR count). The molecule has 3 nitrogen and oxygen atoms in total. The highest BCUT2D eigenvalue weighted by Gasteiger charge is 2.51. The summed E-state index contributed by atoms with van der Waals surface area (Å²) in [7, 11) is 0. The maximum Gasteiger partial charge on any atom is 0.341 e. The van der Waals surface area contributed by atoms with Crippen LogP contribution in [0.25, 0.3) is 0 Å². The molecule has 27 heavy (non-hydrogen) atoms. The number of hydrogen-bond acceptors (Lipinski definition) is 3. The van der Waals surface area contributed by atoms with Gasteiger partial charge in [-0.2, -0.15) is 0 Å². The van der Waals surface area contributed by atoms with Gasteiger partial charge in [0.2, 0.25) is 0 Å². The molecule has 2 aromatic carbocycles. The lowest BCUT2D eigenvalue weighted by Gasteiger charge is -2.42. The summed E-state index contributed by atoms with van der Waals surface area (Å²) in [5.74, 6) is 0.157. The van der Waals surface area contributed by atoms with E-state index in [9.17, 15) is 4.79 Å². The molecular formula is C24H28O3. The average Bonchev–Trinajstić information content (AvgIpc) is 2.96. The van der Waals surface area contributed by atoms with Gasteiger partial charge < -0.3 is 9.47 Å². The van der Waals surface area contributed by atoms with E-state index in [4.69, 9.17) is 9.47 Å². The summed E-state index contributed by atoms with van der Waals surface area (Å²) >= 11 is 0. The zero-order chi connectivity index (χ0) is 19.0. The number of cyclic esters (lactones) is 1.